The number of rotatable bonds is 10. The molecule has 2 N–H and O–H groups in total. The summed E-state index contributed by atoms with van der Waals surface area (Å²) < 4.78 is 11.6. The summed E-state index contributed by atoms with van der Waals surface area (Å²) in [5, 5.41) is 19.7. The van der Waals surface area contributed by atoms with Gasteiger partial charge >= 0.3 is 0 Å². The second-order valence-corrected chi connectivity index (χ2v) is 5.17. The van der Waals surface area contributed by atoms with Gasteiger partial charge in [-0.3, -0.25) is 0 Å². The summed E-state index contributed by atoms with van der Waals surface area (Å²) >= 11 is 0. The molecule has 0 aromatic heterocycles. The number of hydrogen-bond donors (Lipinski definition) is 2. The molecule has 0 bridgehead atoms. The highest BCUT2D eigenvalue weighted by Gasteiger charge is 2.06. The first kappa shape index (κ1) is 16.6. The van der Waals surface area contributed by atoms with Crippen LogP contribution in [0.1, 0.15) is 25.7 Å². The average Bonchev–Trinajstić information content (AvgIpc) is 2.56. The minimum Gasteiger partial charge on any atom is -0.493 e. The maximum atomic E-state index is 8.80. The molecule has 4 nitrogen and oxygen atoms in total. The molecule has 0 atom stereocenters. The Morgan fingerprint density at radius 1 is 0.636 bits per heavy atom. The first-order valence-electron chi connectivity index (χ1n) is 7.86. The van der Waals surface area contributed by atoms with E-state index in [4.69, 9.17) is 19.7 Å². The lowest BCUT2D eigenvalue weighted by Crippen LogP contribution is -2.01. The van der Waals surface area contributed by atoms with Gasteiger partial charge in [0.2, 0.25) is 0 Å². The van der Waals surface area contributed by atoms with Crippen LogP contribution in [0.3, 0.4) is 0 Å². The fourth-order valence-electron chi connectivity index (χ4n) is 2.30. The number of hydrogen-bond acceptors (Lipinski definition) is 4. The fourth-order valence-corrected chi connectivity index (χ4v) is 2.30. The van der Waals surface area contributed by atoms with E-state index in [2.05, 4.69) is 0 Å². The Kier molecular flexibility index (Phi) is 7.00. The largest absolute Gasteiger partial charge is 0.493 e. The zero-order chi connectivity index (χ0) is 15.6. The van der Waals surface area contributed by atoms with Crippen LogP contribution in [-0.2, 0) is 0 Å². The second-order valence-electron chi connectivity index (χ2n) is 5.17. The summed E-state index contributed by atoms with van der Waals surface area (Å²) in [7, 11) is 0. The van der Waals surface area contributed by atoms with Crippen LogP contribution in [0.5, 0.6) is 11.5 Å². The van der Waals surface area contributed by atoms with Crippen LogP contribution in [0.2, 0.25) is 0 Å². The van der Waals surface area contributed by atoms with E-state index in [1.54, 1.807) is 0 Å². The normalized spacial score (nSPS) is 10.8. The molecule has 2 aromatic carbocycles. The number of aliphatic hydroxyl groups is 2. The molecule has 2 aromatic rings. The topological polar surface area (TPSA) is 58.9 Å². The Bertz CT molecular complexity index is 517. The Morgan fingerprint density at radius 3 is 1.50 bits per heavy atom. The van der Waals surface area contributed by atoms with Gasteiger partial charge in [-0.05, 0) is 37.8 Å². The molecule has 0 saturated carbocycles. The molecule has 22 heavy (non-hydrogen) atoms. The molecule has 0 aliphatic heterocycles. The summed E-state index contributed by atoms with van der Waals surface area (Å²) in [6.07, 6.45) is 3.18. The minimum atomic E-state index is 0.199. The smallest absolute Gasteiger partial charge is 0.127 e. The monoisotopic (exact) mass is 304 g/mol. The fraction of sp³-hybridized carbons (Fsp3) is 0.444. The Balaban J connectivity index is 2.08. The average molecular weight is 304 g/mol. The van der Waals surface area contributed by atoms with E-state index in [0.717, 1.165) is 48.0 Å². The van der Waals surface area contributed by atoms with Gasteiger partial charge in [0.05, 0.1) is 13.2 Å². The van der Waals surface area contributed by atoms with Crippen molar-refractivity contribution in [3.05, 3.63) is 36.4 Å². The second kappa shape index (κ2) is 9.28. The highest BCUT2D eigenvalue weighted by atomic mass is 16.5. The lowest BCUT2D eigenvalue weighted by atomic mass is 10.1. The van der Waals surface area contributed by atoms with Crippen molar-refractivity contribution in [3.8, 4) is 11.5 Å². The van der Waals surface area contributed by atoms with Crippen LogP contribution in [-0.4, -0.2) is 36.6 Å². The first-order valence-corrected chi connectivity index (χ1v) is 7.86. The molecule has 0 saturated heterocycles. The molecular weight excluding hydrogens is 280 g/mol. The van der Waals surface area contributed by atoms with Gasteiger partial charge in [0.15, 0.2) is 0 Å². The third kappa shape index (κ3) is 4.61. The van der Waals surface area contributed by atoms with Gasteiger partial charge in [0.25, 0.3) is 0 Å². The number of ether oxygens (including phenoxy) is 2. The summed E-state index contributed by atoms with van der Waals surface area (Å²) in [5.74, 6) is 1.69. The quantitative estimate of drug-likeness (QED) is 0.662. The summed E-state index contributed by atoms with van der Waals surface area (Å²) in [5.41, 5.74) is 0. The van der Waals surface area contributed by atoms with E-state index < -0.39 is 0 Å². The van der Waals surface area contributed by atoms with Gasteiger partial charge in [0.1, 0.15) is 11.5 Å². The van der Waals surface area contributed by atoms with Gasteiger partial charge < -0.3 is 19.7 Å². The van der Waals surface area contributed by atoms with Gasteiger partial charge in [-0.1, -0.05) is 24.3 Å². The predicted octanol–water partition coefficient (Wildman–Crippen LogP) is 3.14. The molecule has 120 valence electrons. The molecule has 0 heterocycles. The lowest BCUT2D eigenvalue weighted by Gasteiger charge is -2.12. The van der Waals surface area contributed by atoms with Crippen LogP contribution in [0.25, 0.3) is 10.8 Å². The van der Waals surface area contributed by atoms with E-state index in [1.165, 1.54) is 0 Å². The van der Waals surface area contributed by atoms with Crippen molar-refractivity contribution in [3.63, 3.8) is 0 Å². The molecule has 0 aliphatic rings. The molecule has 0 aliphatic carbocycles. The minimum absolute atomic E-state index is 0.199. The molecule has 2 rings (SSSR count). The predicted molar refractivity (Wildman–Crippen MR) is 87.6 cm³/mol. The summed E-state index contributed by atoms with van der Waals surface area (Å²) in [6.45, 7) is 1.60. The number of aliphatic hydroxyl groups excluding tert-OH is 2. The molecule has 0 fully saturated rings. The van der Waals surface area contributed by atoms with Crippen LogP contribution < -0.4 is 9.47 Å². The van der Waals surface area contributed by atoms with Crippen LogP contribution in [0.15, 0.2) is 36.4 Å². The zero-order valence-corrected chi connectivity index (χ0v) is 12.8. The number of unbranched alkanes of at least 4 members (excludes halogenated alkanes) is 2. The van der Waals surface area contributed by atoms with E-state index >= 15 is 0 Å². The van der Waals surface area contributed by atoms with Crippen LogP contribution in [0, 0.1) is 0 Å². The maximum absolute atomic E-state index is 8.80. The van der Waals surface area contributed by atoms with Crippen molar-refractivity contribution in [1.29, 1.82) is 0 Å². The van der Waals surface area contributed by atoms with Crippen molar-refractivity contribution < 1.29 is 19.7 Å². The van der Waals surface area contributed by atoms with Gasteiger partial charge in [0, 0.05) is 24.0 Å². The summed E-state index contributed by atoms with van der Waals surface area (Å²) in [6, 6.07) is 11.9. The maximum Gasteiger partial charge on any atom is 0.127 e. The molecule has 0 unspecified atom stereocenters. The van der Waals surface area contributed by atoms with E-state index in [9.17, 15) is 0 Å². The van der Waals surface area contributed by atoms with E-state index in [-0.39, 0.29) is 13.2 Å². The van der Waals surface area contributed by atoms with Crippen molar-refractivity contribution in [1.82, 2.24) is 0 Å². The van der Waals surface area contributed by atoms with Crippen molar-refractivity contribution in [2.24, 2.45) is 0 Å². The van der Waals surface area contributed by atoms with Crippen LogP contribution >= 0.6 is 0 Å². The van der Waals surface area contributed by atoms with E-state index in [0.29, 0.717) is 13.2 Å². The van der Waals surface area contributed by atoms with Crippen molar-refractivity contribution >= 4 is 10.8 Å². The molecule has 0 spiro atoms. The van der Waals surface area contributed by atoms with Gasteiger partial charge in [-0.15, -0.1) is 0 Å². The Labute approximate surface area is 131 Å². The van der Waals surface area contributed by atoms with Gasteiger partial charge in [-0.25, -0.2) is 0 Å². The highest BCUT2D eigenvalue weighted by molar-refractivity contribution is 5.93. The molecule has 4 heteroatoms. The van der Waals surface area contributed by atoms with Crippen molar-refractivity contribution in [2.75, 3.05) is 26.4 Å². The zero-order valence-electron chi connectivity index (χ0n) is 12.8. The molecule has 0 amide bonds. The third-order valence-corrected chi connectivity index (χ3v) is 3.46. The standard InChI is InChI=1S/C18H24O4/c19-11-1-3-13-21-17-9-5-8-16-15(17)7-6-10-18(16)22-14-4-2-12-20/h5-10,19-20H,1-4,11-14H2. The Morgan fingerprint density at radius 2 is 1.09 bits per heavy atom. The van der Waals surface area contributed by atoms with Gasteiger partial charge in [-0.2, -0.15) is 0 Å². The molecule has 0 radical (unpaired) electrons. The number of benzene rings is 2. The number of fused-ring (bicyclic) bond motifs is 1. The summed E-state index contributed by atoms with van der Waals surface area (Å²) in [4.78, 5) is 0. The third-order valence-electron chi connectivity index (χ3n) is 3.46. The van der Waals surface area contributed by atoms with Crippen molar-refractivity contribution in [2.45, 2.75) is 25.7 Å². The highest BCUT2D eigenvalue weighted by Crippen LogP contribution is 2.32. The lowest BCUT2D eigenvalue weighted by molar-refractivity contribution is 0.253. The SMILES string of the molecule is OCCCCOc1cccc2c(OCCCCO)cccc12. The van der Waals surface area contributed by atoms with Crippen LogP contribution in [0.4, 0.5) is 0 Å². The molecular formula is C18H24O4. The Hall–Kier alpha value is -1.78. The van der Waals surface area contributed by atoms with E-state index in [1.807, 2.05) is 36.4 Å². The first-order chi connectivity index (χ1) is 10.9.